The van der Waals surface area contributed by atoms with Crippen molar-refractivity contribution in [1.29, 1.82) is 0 Å². The lowest BCUT2D eigenvalue weighted by Gasteiger charge is -2.06. The van der Waals surface area contributed by atoms with Crippen LogP contribution >= 0.6 is 8.03 Å². The average Bonchev–Trinajstić information content (AvgIpc) is 2.06. The monoisotopic (exact) mass is 184 g/mol. The minimum Gasteiger partial charge on any atom is -0.346 e. The Kier molecular flexibility index (Phi) is 3.51. The van der Waals surface area contributed by atoms with Gasteiger partial charge in [0, 0.05) is 5.66 Å². The summed E-state index contributed by atoms with van der Waals surface area (Å²) in [7, 11) is -2.36. The van der Waals surface area contributed by atoms with E-state index in [-0.39, 0.29) is 5.66 Å². The molecule has 0 heterocycles. The fourth-order valence-corrected chi connectivity index (χ4v) is 1.47. The SMILES string of the molecule is CC(Cc1ccccc1)[PH](=O)O. The van der Waals surface area contributed by atoms with E-state index in [0.29, 0.717) is 6.42 Å². The van der Waals surface area contributed by atoms with Crippen molar-refractivity contribution in [3.8, 4) is 0 Å². The van der Waals surface area contributed by atoms with Gasteiger partial charge >= 0.3 is 0 Å². The summed E-state index contributed by atoms with van der Waals surface area (Å²) in [6, 6.07) is 9.77. The first-order valence-electron chi connectivity index (χ1n) is 3.97. The normalized spacial score (nSPS) is 15.5. The molecule has 2 atom stereocenters. The molecule has 2 unspecified atom stereocenters. The summed E-state index contributed by atoms with van der Waals surface area (Å²) in [4.78, 5) is 8.83. The molecule has 2 nitrogen and oxygen atoms in total. The minimum absolute atomic E-state index is 0.114. The zero-order chi connectivity index (χ0) is 8.97. The lowest BCUT2D eigenvalue weighted by molar-refractivity contribution is 0.491. The smallest absolute Gasteiger partial charge is 0.192 e. The molecular formula is C9H13O2P. The first-order valence-corrected chi connectivity index (χ1v) is 5.40. The third-order valence-electron chi connectivity index (χ3n) is 1.81. The highest BCUT2D eigenvalue weighted by Gasteiger charge is 2.07. The van der Waals surface area contributed by atoms with Crippen LogP contribution in [0, 0.1) is 0 Å². The minimum atomic E-state index is -2.36. The van der Waals surface area contributed by atoms with Gasteiger partial charge in [-0.25, -0.2) is 0 Å². The van der Waals surface area contributed by atoms with Crippen molar-refractivity contribution in [3.63, 3.8) is 0 Å². The van der Waals surface area contributed by atoms with Crippen LogP contribution < -0.4 is 0 Å². The van der Waals surface area contributed by atoms with Gasteiger partial charge in [0.2, 0.25) is 0 Å². The molecule has 1 aromatic rings. The second kappa shape index (κ2) is 4.44. The second-order valence-corrected chi connectivity index (χ2v) is 4.59. The maximum absolute atomic E-state index is 10.7. The number of hydrogen-bond acceptors (Lipinski definition) is 1. The lowest BCUT2D eigenvalue weighted by atomic mass is 10.1. The molecule has 3 heteroatoms. The largest absolute Gasteiger partial charge is 0.346 e. The fraction of sp³-hybridized carbons (Fsp3) is 0.333. The van der Waals surface area contributed by atoms with Crippen LogP contribution in [0.5, 0.6) is 0 Å². The van der Waals surface area contributed by atoms with Gasteiger partial charge in [0.1, 0.15) is 0 Å². The van der Waals surface area contributed by atoms with Crippen LogP contribution in [0.2, 0.25) is 0 Å². The van der Waals surface area contributed by atoms with Crippen molar-refractivity contribution in [3.05, 3.63) is 35.9 Å². The van der Waals surface area contributed by atoms with Crippen LogP contribution in [0.15, 0.2) is 30.3 Å². The third-order valence-corrected chi connectivity index (χ3v) is 2.85. The summed E-state index contributed by atoms with van der Waals surface area (Å²) >= 11 is 0. The fourth-order valence-electron chi connectivity index (χ4n) is 1.05. The third kappa shape index (κ3) is 2.80. The zero-order valence-electron chi connectivity index (χ0n) is 7.03. The van der Waals surface area contributed by atoms with Crippen molar-refractivity contribution in [2.24, 2.45) is 0 Å². The van der Waals surface area contributed by atoms with Crippen LogP contribution in [0.1, 0.15) is 12.5 Å². The summed E-state index contributed by atoms with van der Waals surface area (Å²) < 4.78 is 10.7. The average molecular weight is 184 g/mol. The molecule has 0 radical (unpaired) electrons. The molecule has 0 aromatic heterocycles. The van der Waals surface area contributed by atoms with Crippen molar-refractivity contribution in [2.45, 2.75) is 19.0 Å². The highest BCUT2D eigenvalue weighted by molar-refractivity contribution is 7.38. The van der Waals surface area contributed by atoms with Gasteiger partial charge in [-0.05, 0) is 12.0 Å². The van der Waals surface area contributed by atoms with Crippen molar-refractivity contribution in [1.82, 2.24) is 0 Å². The maximum atomic E-state index is 10.7. The Balaban J connectivity index is 2.58. The highest BCUT2D eigenvalue weighted by atomic mass is 31.1. The predicted octanol–water partition coefficient (Wildman–Crippen LogP) is 2.08. The van der Waals surface area contributed by atoms with E-state index >= 15 is 0 Å². The molecule has 1 aromatic carbocycles. The van der Waals surface area contributed by atoms with E-state index < -0.39 is 8.03 Å². The Morgan fingerprint density at radius 2 is 2.00 bits per heavy atom. The van der Waals surface area contributed by atoms with E-state index in [9.17, 15) is 4.57 Å². The summed E-state index contributed by atoms with van der Waals surface area (Å²) in [5.74, 6) is 0. The molecule has 0 spiro atoms. The van der Waals surface area contributed by atoms with Crippen LogP contribution in [-0.4, -0.2) is 10.6 Å². The maximum Gasteiger partial charge on any atom is 0.192 e. The van der Waals surface area contributed by atoms with Gasteiger partial charge in [0.05, 0.1) is 0 Å². The van der Waals surface area contributed by atoms with E-state index in [1.54, 1.807) is 6.92 Å². The van der Waals surface area contributed by atoms with E-state index in [4.69, 9.17) is 4.89 Å². The van der Waals surface area contributed by atoms with Gasteiger partial charge in [0.15, 0.2) is 8.03 Å². The van der Waals surface area contributed by atoms with Gasteiger partial charge in [-0.1, -0.05) is 37.3 Å². The Labute approximate surface area is 73.1 Å². The van der Waals surface area contributed by atoms with Crippen LogP contribution in [0.3, 0.4) is 0 Å². The van der Waals surface area contributed by atoms with E-state index in [1.165, 1.54) is 0 Å². The van der Waals surface area contributed by atoms with E-state index in [2.05, 4.69) is 0 Å². The molecule has 0 aliphatic rings. The highest BCUT2D eigenvalue weighted by Crippen LogP contribution is 2.24. The lowest BCUT2D eigenvalue weighted by Crippen LogP contribution is -2.00. The quantitative estimate of drug-likeness (QED) is 0.730. The van der Waals surface area contributed by atoms with Gasteiger partial charge in [-0.2, -0.15) is 0 Å². The molecule has 0 bridgehead atoms. The molecule has 66 valence electrons. The summed E-state index contributed by atoms with van der Waals surface area (Å²) in [6.07, 6.45) is 0.690. The van der Waals surface area contributed by atoms with Crippen LogP contribution in [0.4, 0.5) is 0 Å². The van der Waals surface area contributed by atoms with Crippen LogP contribution in [0.25, 0.3) is 0 Å². The summed E-state index contributed by atoms with van der Waals surface area (Å²) in [5, 5.41) is 0. The number of hydrogen-bond donors (Lipinski definition) is 1. The zero-order valence-corrected chi connectivity index (χ0v) is 8.03. The van der Waals surface area contributed by atoms with Crippen LogP contribution in [-0.2, 0) is 11.0 Å². The van der Waals surface area contributed by atoms with Crippen molar-refractivity contribution >= 4 is 8.03 Å². The topological polar surface area (TPSA) is 37.3 Å². The predicted molar refractivity (Wildman–Crippen MR) is 50.8 cm³/mol. The Morgan fingerprint density at radius 3 is 2.50 bits per heavy atom. The molecule has 1 rings (SSSR count). The van der Waals surface area contributed by atoms with E-state index in [1.807, 2.05) is 30.3 Å². The van der Waals surface area contributed by atoms with Gasteiger partial charge < -0.3 is 4.89 Å². The number of benzene rings is 1. The Hall–Kier alpha value is -0.590. The first-order chi connectivity index (χ1) is 5.70. The molecule has 0 aliphatic heterocycles. The molecule has 12 heavy (non-hydrogen) atoms. The molecule has 0 amide bonds. The molecule has 0 fully saturated rings. The molecule has 0 aliphatic carbocycles. The van der Waals surface area contributed by atoms with Gasteiger partial charge in [0.25, 0.3) is 0 Å². The standard InChI is InChI=1S/C9H13O2P/c1-8(12(10)11)7-9-5-3-2-4-6-9/h2-6,8,12H,7H2,1H3,(H,10,11). The molecular weight excluding hydrogens is 171 g/mol. The van der Waals surface area contributed by atoms with Crippen molar-refractivity contribution in [2.75, 3.05) is 0 Å². The number of rotatable bonds is 3. The first kappa shape index (κ1) is 9.50. The Morgan fingerprint density at radius 1 is 1.42 bits per heavy atom. The summed E-state index contributed by atoms with van der Waals surface area (Å²) in [6.45, 7) is 1.80. The summed E-state index contributed by atoms with van der Waals surface area (Å²) in [5.41, 5.74) is 1.01. The van der Waals surface area contributed by atoms with Gasteiger partial charge in [-0.3, -0.25) is 4.57 Å². The van der Waals surface area contributed by atoms with Gasteiger partial charge in [-0.15, -0.1) is 0 Å². The second-order valence-electron chi connectivity index (χ2n) is 2.93. The van der Waals surface area contributed by atoms with E-state index in [0.717, 1.165) is 5.56 Å². The molecule has 0 saturated heterocycles. The Bertz CT molecular complexity index is 258. The van der Waals surface area contributed by atoms with Crippen molar-refractivity contribution < 1.29 is 9.46 Å². The molecule has 0 saturated carbocycles. The molecule has 1 N–H and O–H groups in total.